The van der Waals surface area contributed by atoms with E-state index >= 15 is 0 Å². The minimum absolute atomic E-state index is 0.0479. The summed E-state index contributed by atoms with van der Waals surface area (Å²) in [4.78, 5) is 36.2. The number of pyridine rings is 1. The number of piperidine rings is 1. The lowest BCUT2D eigenvalue weighted by Crippen LogP contribution is -2.49. The molecule has 9 heteroatoms. The zero-order chi connectivity index (χ0) is 21.9. The van der Waals surface area contributed by atoms with Gasteiger partial charge in [-0.05, 0) is 44.9 Å². The molecule has 0 bridgehead atoms. The lowest BCUT2D eigenvalue weighted by atomic mass is 10.0. The number of nitrogens with one attached hydrogen (secondary N) is 1. The lowest BCUT2D eigenvalue weighted by molar-refractivity contribution is -0.120. The zero-order valence-electron chi connectivity index (χ0n) is 17.0. The van der Waals surface area contributed by atoms with Crippen molar-refractivity contribution >= 4 is 27.4 Å². The zero-order valence-corrected chi connectivity index (χ0v) is 17.8. The lowest BCUT2D eigenvalue weighted by Gasteiger charge is -2.33. The van der Waals surface area contributed by atoms with Gasteiger partial charge in [0.25, 0.3) is 5.56 Å². The molecule has 0 aliphatic carbocycles. The largest absolute Gasteiger partial charge is 0.323 e. The van der Waals surface area contributed by atoms with Crippen LogP contribution >= 0.6 is 0 Å². The number of aromatic nitrogens is 1. The molecule has 8 nitrogen and oxygen atoms in total. The van der Waals surface area contributed by atoms with Crippen LogP contribution in [0, 0.1) is 0 Å². The Balaban J connectivity index is 1.85. The minimum atomic E-state index is -3.90. The van der Waals surface area contributed by atoms with E-state index in [-0.39, 0.29) is 22.8 Å². The number of carbonyl (C=O) groups excluding carboxylic acids is 2. The van der Waals surface area contributed by atoms with Gasteiger partial charge >= 0.3 is 0 Å². The van der Waals surface area contributed by atoms with E-state index in [2.05, 4.69) is 5.32 Å². The van der Waals surface area contributed by atoms with Crippen molar-refractivity contribution in [3.05, 3.63) is 58.5 Å². The van der Waals surface area contributed by atoms with Gasteiger partial charge in [-0.2, -0.15) is 4.31 Å². The topological polar surface area (TPSA) is 106 Å². The van der Waals surface area contributed by atoms with Crippen LogP contribution in [0.5, 0.6) is 0 Å². The van der Waals surface area contributed by atoms with E-state index in [0.717, 1.165) is 6.42 Å². The first kappa shape index (κ1) is 21.9. The normalized spacial score (nSPS) is 17.5. The Morgan fingerprint density at radius 3 is 2.43 bits per heavy atom. The third-order valence-electron chi connectivity index (χ3n) is 5.22. The van der Waals surface area contributed by atoms with Crippen LogP contribution in [0.2, 0.25) is 0 Å². The number of benzene rings is 1. The Labute approximate surface area is 175 Å². The van der Waals surface area contributed by atoms with E-state index in [9.17, 15) is 22.8 Å². The van der Waals surface area contributed by atoms with Gasteiger partial charge in [-0.25, -0.2) is 8.42 Å². The van der Waals surface area contributed by atoms with Crippen molar-refractivity contribution in [2.24, 2.45) is 0 Å². The number of nitrogens with zero attached hydrogens (tertiary/aromatic N) is 2. The molecule has 1 aromatic heterocycles. The Hall–Kier alpha value is -2.78. The first-order valence-electron chi connectivity index (χ1n) is 9.88. The molecule has 0 saturated carbocycles. The molecule has 1 aromatic carbocycles. The van der Waals surface area contributed by atoms with E-state index in [0.29, 0.717) is 30.6 Å². The maximum Gasteiger partial charge on any atom is 0.250 e. The minimum Gasteiger partial charge on any atom is -0.323 e. The molecular formula is C21H25N3O5S. The molecule has 0 spiro atoms. The second-order valence-electron chi connectivity index (χ2n) is 7.24. The summed E-state index contributed by atoms with van der Waals surface area (Å²) in [7, 11) is -3.90. The summed E-state index contributed by atoms with van der Waals surface area (Å²) >= 11 is 0. The predicted octanol–water partition coefficient (Wildman–Crippen LogP) is 2.25. The summed E-state index contributed by atoms with van der Waals surface area (Å²) in [5, 5.41) is 2.74. The molecular weight excluding hydrogens is 406 g/mol. The van der Waals surface area contributed by atoms with Crippen molar-refractivity contribution in [1.82, 2.24) is 8.87 Å². The van der Waals surface area contributed by atoms with Crippen molar-refractivity contribution in [2.45, 2.75) is 50.6 Å². The van der Waals surface area contributed by atoms with Gasteiger partial charge < -0.3 is 9.88 Å². The van der Waals surface area contributed by atoms with Gasteiger partial charge in [-0.3, -0.25) is 14.4 Å². The monoisotopic (exact) mass is 431 g/mol. The van der Waals surface area contributed by atoms with Crippen molar-refractivity contribution in [1.29, 1.82) is 0 Å². The molecule has 1 atom stereocenters. The number of amides is 1. The van der Waals surface area contributed by atoms with Crippen LogP contribution in [0.3, 0.4) is 0 Å². The number of sulfonamides is 1. The van der Waals surface area contributed by atoms with Crippen LogP contribution in [0.25, 0.3) is 0 Å². The maximum absolute atomic E-state index is 13.2. The number of ketones is 1. The summed E-state index contributed by atoms with van der Waals surface area (Å²) in [6.07, 6.45) is 3.35. The SMILES string of the molecule is CCn1cc(NC(=O)C2CCCCN2S(=O)(=O)c2ccc(C(C)=O)cc2)ccc1=O. The van der Waals surface area contributed by atoms with Gasteiger partial charge in [0.15, 0.2) is 5.78 Å². The summed E-state index contributed by atoms with van der Waals surface area (Å²) in [5.74, 6) is -0.581. The van der Waals surface area contributed by atoms with Gasteiger partial charge in [0.05, 0.1) is 10.6 Å². The highest BCUT2D eigenvalue weighted by atomic mass is 32.2. The third kappa shape index (κ3) is 4.52. The smallest absolute Gasteiger partial charge is 0.250 e. The Bertz CT molecular complexity index is 1110. The molecule has 1 aliphatic rings. The molecule has 1 aliphatic heterocycles. The molecule has 30 heavy (non-hydrogen) atoms. The van der Waals surface area contributed by atoms with Gasteiger partial charge in [0, 0.05) is 30.9 Å². The number of Topliss-reactive ketones (excluding diaryl/α,β-unsaturated/α-hetero) is 1. The molecule has 0 radical (unpaired) electrons. The van der Waals surface area contributed by atoms with Crippen LogP contribution in [-0.2, 0) is 21.4 Å². The third-order valence-corrected chi connectivity index (χ3v) is 7.14. The molecule has 1 N–H and O–H groups in total. The maximum atomic E-state index is 13.2. The van der Waals surface area contributed by atoms with Crippen LogP contribution in [0.1, 0.15) is 43.5 Å². The van der Waals surface area contributed by atoms with Gasteiger partial charge in [0.2, 0.25) is 15.9 Å². The predicted molar refractivity (Wildman–Crippen MR) is 113 cm³/mol. The first-order valence-corrected chi connectivity index (χ1v) is 11.3. The highest BCUT2D eigenvalue weighted by Crippen LogP contribution is 2.26. The standard InChI is InChI=1S/C21H25N3O5S/c1-3-23-14-17(9-12-20(23)26)22-21(27)19-6-4-5-13-24(19)30(28,29)18-10-7-16(8-11-18)15(2)25/h7-12,14,19H,3-6,13H2,1-2H3,(H,22,27). The molecule has 3 rings (SSSR count). The number of anilines is 1. The fraction of sp³-hybridized carbons (Fsp3) is 0.381. The molecule has 160 valence electrons. The van der Waals surface area contributed by atoms with E-state index in [1.807, 2.05) is 6.92 Å². The number of aryl methyl sites for hydroxylation is 1. The van der Waals surface area contributed by atoms with Crippen molar-refractivity contribution in [3.8, 4) is 0 Å². The summed E-state index contributed by atoms with van der Waals surface area (Å²) in [6, 6.07) is 7.77. The average Bonchev–Trinajstić information content (AvgIpc) is 2.75. The van der Waals surface area contributed by atoms with E-state index in [1.54, 1.807) is 6.20 Å². The quantitative estimate of drug-likeness (QED) is 0.706. The van der Waals surface area contributed by atoms with E-state index in [4.69, 9.17) is 0 Å². The molecule has 2 heterocycles. The van der Waals surface area contributed by atoms with Crippen LogP contribution < -0.4 is 10.9 Å². The fourth-order valence-electron chi connectivity index (χ4n) is 3.53. The van der Waals surface area contributed by atoms with Gasteiger partial charge in [-0.15, -0.1) is 0 Å². The van der Waals surface area contributed by atoms with E-state index in [1.165, 1.54) is 52.2 Å². The number of hydrogen-bond donors (Lipinski definition) is 1. The highest BCUT2D eigenvalue weighted by Gasteiger charge is 2.37. The average molecular weight is 432 g/mol. The Morgan fingerprint density at radius 1 is 1.10 bits per heavy atom. The molecule has 1 fully saturated rings. The molecule has 1 amide bonds. The van der Waals surface area contributed by atoms with Crippen molar-refractivity contribution < 1.29 is 18.0 Å². The Morgan fingerprint density at radius 2 is 1.80 bits per heavy atom. The second-order valence-corrected chi connectivity index (χ2v) is 9.13. The summed E-state index contributed by atoms with van der Waals surface area (Å²) < 4.78 is 29.1. The van der Waals surface area contributed by atoms with Crippen molar-refractivity contribution in [2.75, 3.05) is 11.9 Å². The Kier molecular flexibility index (Phi) is 6.52. The first-order chi connectivity index (χ1) is 14.2. The fourth-order valence-corrected chi connectivity index (χ4v) is 5.19. The molecule has 2 aromatic rings. The van der Waals surface area contributed by atoms with Crippen LogP contribution in [0.4, 0.5) is 5.69 Å². The highest BCUT2D eigenvalue weighted by molar-refractivity contribution is 7.89. The van der Waals surface area contributed by atoms with Gasteiger partial charge in [-0.1, -0.05) is 18.6 Å². The van der Waals surface area contributed by atoms with Crippen molar-refractivity contribution in [3.63, 3.8) is 0 Å². The number of hydrogen-bond acceptors (Lipinski definition) is 5. The molecule has 1 saturated heterocycles. The van der Waals surface area contributed by atoms with Crippen LogP contribution in [0.15, 0.2) is 52.3 Å². The summed E-state index contributed by atoms with van der Waals surface area (Å²) in [5.41, 5.74) is 0.689. The van der Waals surface area contributed by atoms with Gasteiger partial charge in [0.1, 0.15) is 6.04 Å². The second kappa shape index (κ2) is 8.93. The molecule has 1 unspecified atom stereocenters. The van der Waals surface area contributed by atoms with Crippen LogP contribution in [-0.4, -0.2) is 41.6 Å². The van der Waals surface area contributed by atoms with E-state index < -0.39 is 22.0 Å². The summed E-state index contributed by atoms with van der Waals surface area (Å²) in [6.45, 7) is 3.93. The number of rotatable bonds is 6. The number of carbonyl (C=O) groups is 2.